The Bertz CT molecular complexity index is 597. The number of aliphatic imine (C=N–C) groups is 1. The van der Waals surface area contributed by atoms with E-state index in [0.717, 1.165) is 24.1 Å². The molecule has 1 aliphatic heterocycles. The molecule has 0 aromatic carbocycles. The zero-order valence-electron chi connectivity index (χ0n) is 16.6. The van der Waals surface area contributed by atoms with E-state index < -0.39 is 18.3 Å². The lowest BCUT2D eigenvalue weighted by Gasteiger charge is -2.32. The standard InChI is InChI=1S/C19H31F3N4OS/c1-3-23-17(25-13-18(2,27)16-5-4-12-28-16)24-9-6-15-7-10-26(11-8-15)14-19(20,21)22/h4-5,12,15,27H,3,6-11,13-14H2,1-2H3,(H2,23,24,25). The first-order valence-corrected chi connectivity index (χ1v) is 10.6. The summed E-state index contributed by atoms with van der Waals surface area (Å²) in [4.78, 5) is 6.86. The number of thiophene rings is 1. The van der Waals surface area contributed by atoms with Crippen LogP contribution in [0.1, 0.15) is 38.0 Å². The lowest BCUT2D eigenvalue weighted by atomic mass is 9.93. The third-order valence-electron chi connectivity index (χ3n) is 4.90. The minimum absolute atomic E-state index is 0.249. The van der Waals surface area contributed by atoms with E-state index in [1.807, 2.05) is 24.4 Å². The number of guanidine groups is 1. The molecule has 1 aromatic heterocycles. The van der Waals surface area contributed by atoms with Gasteiger partial charge in [-0.3, -0.25) is 4.90 Å². The Morgan fingerprint density at radius 3 is 2.61 bits per heavy atom. The summed E-state index contributed by atoms with van der Waals surface area (Å²) in [5, 5.41) is 19.0. The summed E-state index contributed by atoms with van der Waals surface area (Å²) in [5.74, 6) is 1.07. The first-order valence-electron chi connectivity index (χ1n) is 9.77. The summed E-state index contributed by atoms with van der Waals surface area (Å²) in [6.07, 6.45) is -1.64. The van der Waals surface area contributed by atoms with Gasteiger partial charge < -0.3 is 15.7 Å². The molecule has 0 aliphatic carbocycles. The number of nitrogens with one attached hydrogen (secondary N) is 2. The third-order valence-corrected chi connectivity index (χ3v) is 6.02. The summed E-state index contributed by atoms with van der Waals surface area (Å²) in [6, 6.07) is 3.80. The average Bonchev–Trinajstić information content (AvgIpc) is 3.15. The normalized spacial score (nSPS) is 19.4. The highest BCUT2D eigenvalue weighted by Crippen LogP contribution is 2.26. The van der Waals surface area contributed by atoms with Crippen molar-refractivity contribution in [2.45, 2.75) is 44.9 Å². The molecule has 0 bridgehead atoms. The lowest BCUT2D eigenvalue weighted by Crippen LogP contribution is -2.42. The number of hydrogen-bond acceptors (Lipinski definition) is 4. The first-order chi connectivity index (χ1) is 13.2. The molecule has 1 unspecified atom stereocenters. The fourth-order valence-corrected chi connectivity index (χ4v) is 4.10. The van der Waals surface area contributed by atoms with E-state index in [1.165, 1.54) is 16.2 Å². The fraction of sp³-hybridized carbons (Fsp3) is 0.737. The molecule has 0 radical (unpaired) electrons. The molecule has 160 valence electrons. The predicted molar refractivity (Wildman–Crippen MR) is 108 cm³/mol. The maximum absolute atomic E-state index is 12.5. The van der Waals surface area contributed by atoms with Gasteiger partial charge in [0.2, 0.25) is 0 Å². The van der Waals surface area contributed by atoms with Gasteiger partial charge in [0.25, 0.3) is 0 Å². The van der Waals surface area contributed by atoms with Crippen LogP contribution in [0.2, 0.25) is 0 Å². The lowest BCUT2D eigenvalue weighted by molar-refractivity contribution is -0.148. The van der Waals surface area contributed by atoms with Crippen LogP contribution in [-0.2, 0) is 5.60 Å². The van der Waals surface area contributed by atoms with Crippen molar-refractivity contribution in [1.29, 1.82) is 0 Å². The number of aliphatic hydroxyl groups is 1. The van der Waals surface area contributed by atoms with Gasteiger partial charge >= 0.3 is 6.18 Å². The smallest absolute Gasteiger partial charge is 0.383 e. The Hall–Kier alpha value is -1.32. The van der Waals surface area contributed by atoms with Crippen molar-refractivity contribution >= 4 is 17.3 Å². The monoisotopic (exact) mass is 420 g/mol. The number of rotatable bonds is 8. The summed E-state index contributed by atoms with van der Waals surface area (Å²) < 4.78 is 37.4. The van der Waals surface area contributed by atoms with E-state index in [0.29, 0.717) is 38.1 Å². The van der Waals surface area contributed by atoms with Crippen molar-refractivity contribution in [1.82, 2.24) is 15.5 Å². The molecule has 28 heavy (non-hydrogen) atoms. The third kappa shape index (κ3) is 7.97. The van der Waals surface area contributed by atoms with Crippen LogP contribution >= 0.6 is 11.3 Å². The highest BCUT2D eigenvalue weighted by atomic mass is 32.1. The Balaban J connectivity index is 1.75. The van der Waals surface area contributed by atoms with Crippen molar-refractivity contribution in [3.8, 4) is 0 Å². The number of likely N-dealkylation sites (tertiary alicyclic amines) is 1. The van der Waals surface area contributed by atoms with E-state index in [1.54, 1.807) is 6.92 Å². The van der Waals surface area contributed by atoms with Gasteiger partial charge in [0.1, 0.15) is 5.60 Å². The molecule has 0 spiro atoms. The van der Waals surface area contributed by atoms with Crippen LogP contribution in [0.15, 0.2) is 22.5 Å². The molecule has 2 rings (SSSR count). The van der Waals surface area contributed by atoms with Crippen LogP contribution in [-0.4, -0.2) is 61.4 Å². The maximum Gasteiger partial charge on any atom is 0.401 e. The second-order valence-electron chi connectivity index (χ2n) is 7.50. The van der Waals surface area contributed by atoms with Crippen molar-refractivity contribution < 1.29 is 18.3 Å². The molecular formula is C19H31F3N4OS. The topological polar surface area (TPSA) is 59.9 Å². The SMILES string of the molecule is CCNC(=NCC(C)(O)c1cccs1)NCCC1CCN(CC(F)(F)F)CC1. The molecule has 1 aromatic rings. The second-order valence-corrected chi connectivity index (χ2v) is 8.44. The van der Waals surface area contributed by atoms with Gasteiger partial charge in [-0.2, -0.15) is 13.2 Å². The van der Waals surface area contributed by atoms with E-state index in [9.17, 15) is 18.3 Å². The van der Waals surface area contributed by atoms with Crippen molar-refractivity contribution in [3.63, 3.8) is 0 Å². The van der Waals surface area contributed by atoms with Crippen LogP contribution in [0.25, 0.3) is 0 Å². The number of piperidine rings is 1. The van der Waals surface area contributed by atoms with Gasteiger partial charge in [-0.25, -0.2) is 4.99 Å². The number of hydrogen-bond donors (Lipinski definition) is 3. The summed E-state index contributed by atoms with van der Waals surface area (Å²) in [7, 11) is 0. The molecule has 1 atom stereocenters. The summed E-state index contributed by atoms with van der Waals surface area (Å²) >= 11 is 1.50. The van der Waals surface area contributed by atoms with Crippen molar-refractivity contribution in [3.05, 3.63) is 22.4 Å². The van der Waals surface area contributed by atoms with Gasteiger partial charge in [-0.1, -0.05) is 6.07 Å². The minimum Gasteiger partial charge on any atom is -0.383 e. The van der Waals surface area contributed by atoms with Crippen LogP contribution in [0, 0.1) is 5.92 Å². The highest BCUT2D eigenvalue weighted by Gasteiger charge is 2.32. The van der Waals surface area contributed by atoms with Gasteiger partial charge in [-0.15, -0.1) is 11.3 Å². The predicted octanol–water partition coefficient (Wildman–Crippen LogP) is 3.18. The molecular weight excluding hydrogens is 389 g/mol. The quantitative estimate of drug-likeness (QED) is 0.447. The Morgan fingerprint density at radius 2 is 2.04 bits per heavy atom. The molecule has 0 saturated carbocycles. The number of alkyl halides is 3. The van der Waals surface area contributed by atoms with Gasteiger partial charge in [0.15, 0.2) is 5.96 Å². The molecule has 0 amide bonds. The average molecular weight is 421 g/mol. The van der Waals surface area contributed by atoms with E-state index >= 15 is 0 Å². The highest BCUT2D eigenvalue weighted by molar-refractivity contribution is 7.10. The Morgan fingerprint density at radius 1 is 1.32 bits per heavy atom. The molecule has 3 N–H and O–H groups in total. The van der Waals surface area contributed by atoms with Gasteiger partial charge in [-0.05, 0) is 63.6 Å². The van der Waals surface area contributed by atoms with Crippen LogP contribution < -0.4 is 10.6 Å². The molecule has 1 saturated heterocycles. The molecule has 5 nitrogen and oxygen atoms in total. The van der Waals surface area contributed by atoms with E-state index in [2.05, 4.69) is 15.6 Å². The number of nitrogens with zero attached hydrogens (tertiary/aromatic N) is 2. The second kappa shape index (κ2) is 10.5. The Kier molecular flexibility index (Phi) is 8.57. The van der Waals surface area contributed by atoms with Crippen LogP contribution in [0.3, 0.4) is 0 Å². The fourth-order valence-electron chi connectivity index (χ4n) is 3.32. The van der Waals surface area contributed by atoms with Gasteiger partial charge in [0.05, 0.1) is 13.1 Å². The minimum atomic E-state index is -4.12. The summed E-state index contributed by atoms with van der Waals surface area (Å²) in [5.41, 5.74) is -1.01. The summed E-state index contributed by atoms with van der Waals surface area (Å²) in [6.45, 7) is 5.59. The van der Waals surface area contributed by atoms with Crippen LogP contribution in [0.5, 0.6) is 0 Å². The van der Waals surface area contributed by atoms with E-state index in [-0.39, 0.29) is 6.54 Å². The molecule has 2 heterocycles. The van der Waals surface area contributed by atoms with Crippen molar-refractivity contribution in [2.75, 3.05) is 39.3 Å². The zero-order valence-corrected chi connectivity index (χ0v) is 17.4. The van der Waals surface area contributed by atoms with Crippen molar-refractivity contribution in [2.24, 2.45) is 10.9 Å². The van der Waals surface area contributed by atoms with E-state index in [4.69, 9.17) is 0 Å². The Labute approximate surface area is 169 Å². The van der Waals surface area contributed by atoms with Gasteiger partial charge in [0, 0.05) is 18.0 Å². The van der Waals surface area contributed by atoms with Crippen LogP contribution in [0.4, 0.5) is 13.2 Å². The largest absolute Gasteiger partial charge is 0.401 e. The first kappa shape index (κ1) is 23.0. The molecule has 9 heteroatoms. The zero-order chi connectivity index (χ0) is 20.6. The molecule has 1 fully saturated rings. The maximum atomic E-state index is 12.5. The molecule has 1 aliphatic rings. The number of halogens is 3.